The second-order valence-electron chi connectivity index (χ2n) is 8.77. The van der Waals surface area contributed by atoms with Gasteiger partial charge in [0, 0.05) is 57.8 Å². The lowest BCUT2D eigenvalue weighted by Crippen LogP contribution is -2.35. The Morgan fingerprint density at radius 1 is 1.13 bits per heavy atom. The largest absolute Gasteiger partial charge is 0.369 e. The van der Waals surface area contributed by atoms with E-state index in [1.165, 1.54) is 0 Å². The van der Waals surface area contributed by atoms with Crippen molar-refractivity contribution in [2.45, 2.75) is 26.2 Å². The van der Waals surface area contributed by atoms with Crippen molar-refractivity contribution in [3.8, 4) is 17.9 Å². The Labute approximate surface area is 225 Å². The minimum Gasteiger partial charge on any atom is -0.369 e. The molecule has 2 amide bonds. The summed E-state index contributed by atoms with van der Waals surface area (Å²) >= 11 is 0. The van der Waals surface area contributed by atoms with Crippen LogP contribution < -0.4 is 16.0 Å². The molecular formula is C28H36N8O2. The van der Waals surface area contributed by atoms with E-state index in [9.17, 15) is 9.59 Å². The normalized spacial score (nSPS) is 10.4. The lowest BCUT2D eigenvalue weighted by molar-refractivity contribution is -0.125. The van der Waals surface area contributed by atoms with Crippen molar-refractivity contribution >= 4 is 29.3 Å². The van der Waals surface area contributed by atoms with Crippen molar-refractivity contribution < 1.29 is 9.59 Å². The molecule has 0 aliphatic heterocycles. The van der Waals surface area contributed by atoms with Gasteiger partial charge in [-0.05, 0) is 44.8 Å². The highest BCUT2D eigenvalue weighted by Gasteiger charge is 2.07. The number of benzene rings is 1. The van der Waals surface area contributed by atoms with Gasteiger partial charge in [-0.15, -0.1) is 0 Å². The standard InChI is InChI=1S/C28H36N8O2/c1-5-16-31-27-23(21-32-28(34-27)33-24-14-12-22(20-29)13-15-24)9-6-7-10-25(37)30-17-19-36(4)26(38)11-8-18-35(2)3/h8,11-15,21H,5,7,10,16-19H2,1-4H3,(H,30,37)(H2,31,32,33,34)/b11-8+. The Morgan fingerprint density at radius 2 is 1.89 bits per heavy atom. The molecule has 0 unspecified atom stereocenters. The summed E-state index contributed by atoms with van der Waals surface area (Å²) in [6.07, 6.45) is 6.55. The van der Waals surface area contributed by atoms with Gasteiger partial charge in [-0.25, -0.2) is 4.98 Å². The molecule has 38 heavy (non-hydrogen) atoms. The fourth-order valence-electron chi connectivity index (χ4n) is 3.06. The average molecular weight is 517 g/mol. The van der Waals surface area contributed by atoms with Crippen LogP contribution >= 0.6 is 0 Å². The van der Waals surface area contributed by atoms with E-state index >= 15 is 0 Å². The molecule has 0 fully saturated rings. The van der Waals surface area contributed by atoms with E-state index in [0.29, 0.717) is 48.9 Å². The van der Waals surface area contributed by atoms with Crippen molar-refractivity contribution in [3.05, 3.63) is 53.7 Å². The fourth-order valence-corrected chi connectivity index (χ4v) is 3.06. The van der Waals surface area contributed by atoms with Gasteiger partial charge in [0.2, 0.25) is 17.8 Å². The number of likely N-dealkylation sites (N-methyl/N-ethyl adjacent to an activating group) is 2. The third-order valence-corrected chi connectivity index (χ3v) is 5.18. The van der Waals surface area contributed by atoms with Crippen LogP contribution in [0.15, 0.2) is 42.6 Å². The highest BCUT2D eigenvalue weighted by Crippen LogP contribution is 2.17. The summed E-state index contributed by atoms with van der Waals surface area (Å²) in [4.78, 5) is 36.6. The van der Waals surface area contributed by atoms with Gasteiger partial charge in [0.25, 0.3) is 0 Å². The zero-order valence-corrected chi connectivity index (χ0v) is 22.5. The topological polar surface area (TPSA) is 126 Å². The van der Waals surface area contributed by atoms with Gasteiger partial charge in [0.15, 0.2) is 0 Å². The summed E-state index contributed by atoms with van der Waals surface area (Å²) < 4.78 is 0. The quantitative estimate of drug-likeness (QED) is 0.274. The second-order valence-corrected chi connectivity index (χ2v) is 8.77. The second kappa shape index (κ2) is 16.4. The van der Waals surface area contributed by atoms with E-state index in [4.69, 9.17) is 5.26 Å². The van der Waals surface area contributed by atoms with Crippen LogP contribution in [-0.4, -0.2) is 78.9 Å². The first kappa shape index (κ1) is 29.8. The van der Waals surface area contributed by atoms with Gasteiger partial charge in [-0.2, -0.15) is 10.2 Å². The van der Waals surface area contributed by atoms with E-state index in [2.05, 4.69) is 50.8 Å². The molecule has 0 atom stereocenters. The monoisotopic (exact) mass is 516 g/mol. The summed E-state index contributed by atoms with van der Waals surface area (Å²) in [5, 5.41) is 18.2. The number of rotatable bonds is 13. The average Bonchev–Trinajstić information content (AvgIpc) is 2.90. The molecule has 1 aromatic carbocycles. The molecule has 200 valence electrons. The third-order valence-electron chi connectivity index (χ3n) is 5.18. The predicted molar refractivity (Wildman–Crippen MR) is 150 cm³/mol. The summed E-state index contributed by atoms with van der Waals surface area (Å²) in [6.45, 7) is 4.29. The number of amides is 2. The van der Waals surface area contributed by atoms with E-state index in [-0.39, 0.29) is 18.2 Å². The van der Waals surface area contributed by atoms with Crippen LogP contribution in [-0.2, 0) is 9.59 Å². The van der Waals surface area contributed by atoms with Gasteiger partial charge in [-0.3, -0.25) is 9.59 Å². The van der Waals surface area contributed by atoms with E-state index in [1.54, 1.807) is 48.5 Å². The first-order chi connectivity index (χ1) is 18.3. The predicted octanol–water partition coefficient (Wildman–Crippen LogP) is 2.74. The number of hydrogen-bond acceptors (Lipinski definition) is 8. The number of hydrogen-bond donors (Lipinski definition) is 3. The number of carbonyl (C=O) groups is 2. The van der Waals surface area contributed by atoms with Crippen LogP contribution in [0.4, 0.5) is 17.5 Å². The maximum absolute atomic E-state index is 12.2. The molecule has 1 heterocycles. The van der Waals surface area contributed by atoms with Gasteiger partial charge in [0.1, 0.15) is 5.82 Å². The fraction of sp³-hybridized carbons (Fsp3) is 0.393. The molecule has 3 N–H and O–H groups in total. The Bertz CT molecular complexity index is 1190. The third kappa shape index (κ3) is 11.1. The molecule has 0 radical (unpaired) electrons. The Hall–Kier alpha value is -4.41. The maximum Gasteiger partial charge on any atom is 0.246 e. The summed E-state index contributed by atoms with van der Waals surface area (Å²) in [5.74, 6) is 6.88. The summed E-state index contributed by atoms with van der Waals surface area (Å²) in [6, 6.07) is 9.11. The van der Waals surface area contributed by atoms with Gasteiger partial charge < -0.3 is 25.8 Å². The molecule has 0 spiro atoms. The van der Waals surface area contributed by atoms with Crippen LogP contribution in [0.1, 0.15) is 37.3 Å². The van der Waals surface area contributed by atoms with Crippen LogP contribution in [0.25, 0.3) is 0 Å². The van der Waals surface area contributed by atoms with Crippen molar-refractivity contribution in [1.82, 2.24) is 25.1 Å². The van der Waals surface area contributed by atoms with Crippen molar-refractivity contribution in [2.24, 2.45) is 0 Å². The maximum atomic E-state index is 12.2. The molecule has 0 aliphatic rings. The van der Waals surface area contributed by atoms with E-state index < -0.39 is 0 Å². The lowest BCUT2D eigenvalue weighted by Gasteiger charge is -2.15. The number of anilines is 3. The highest BCUT2D eigenvalue weighted by molar-refractivity contribution is 5.87. The molecule has 1 aromatic heterocycles. The van der Waals surface area contributed by atoms with Crippen molar-refractivity contribution in [1.29, 1.82) is 5.26 Å². The summed E-state index contributed by atoms with van der Waals surface area (Å²) in [7, 11) is 5.57. The molecule has 10 heteroatoms. The first-order valence-electron chi connectivity index (χ1n) is 12.5. The molecule has 2 rings (SSSR count). The zero-order chi connectivity index (χ0) is 27.8. The van der Waals surface area contributed by atoms with Crippen LogP contribution in [0, 0.1) is 23.2 Å². The number of nitrogens with zero attached hydrogens (tertiary/aromatic N) is 5. The van der Waals surface area contributed by atoms with E-state index in [1.807, 2.05) is 25.1 Å². The van der Waals surface area contributed by atoms with Gasteiger partial charge >= 0.3 is 0 Å². The Kier molecular flexibility index (Phi) is 12.8. The number of carbonyl (C=O) groups excluding carboxylic acids is 2. The molecular weight excluding hydrogens is 480 g/mol. The van der Waals surface area contributed by atoms with Crippen LogP contribution in [0.2, 0.25) is 0 Å². The number of aromatic nitrogens is 2. The van der Waals surface area contributed by atoms with E-state index in [0.717, 1.165) is 18.7 Å². The van der Waals surface area contributed by atoms with Crippen molar-refractivity contribution in [2.75, 3.05) is 58.0 Å². The van der Waals surface area contributed by atoms with Crippen molar-refractivity contribution in [3.63, 3.8) is 0 Å². The number of nitrogens with one attached hydrogen (secondary N) is 3. The lowest BCUT2D eigenvalue weighted by atomic mass is 10.2. The van der Waals surface area contributed by atoms with Gasteiger partial charge in [0.05, 0.1) is 23.4 Å². The molecule has 0 aliphatic carbocycles. The molecule has 2 aromatic rings. The molecule has 0 saturated carbocycles. The molecule has 10 nitrogen and oxygen atoms in total. The SMILES string of the molecule is CCCNc1nc(Nc2ccc(C#N)cc2)ncc1C#CCCC(=O)NCCN(C)C(=O)/C=C/CN(C)C. The van der Waals surface area contributed by atoms with Crippen LogP contribution in [0.3, 0.4) is 0 Å². The zero-order valence-electron chi connectivity index (χ0n) is 22.5. The Balaban J connectivity index is 1.85. The molecule has 0 bridgehead atoms. The minimum atomic E-state index is -0.120. The smallest absolute Gasteiger partial charge is 0.246 e. The first-order valence-corrected chi connectivity index (χ1v) is 12.5. The number of nitriles is 1. The Morgan fingerprint density at radius 3 is 2.58 bits per heavy atom. The summed E-state index contributed by atoms with van der Waals surface area (Å²) in [5.41, 5.74) is 1.99. The van der Waals surface area contributed by atoms with Crippen LogP contribution in [0.5, 0.6) is 0 Å². The molecule has 0 saturated heterocycles. The highest BCUT2D eigenvalue weighted by atomic mass is 16.2. The van der Waals surface area contributed by atoms with Gasteiger partial charge in [-0.1, -0.05) is 24.8 Å². The minimum absolute atomic E-state index is 0.0974.